The predicted molar refractivity (Wildman–Crippen MR) is 84.0 cm³/mol. The van der Waals surface area contributed by atoms with Crippen LogP contribution in [0.1, 0.15) is 47.2 Å². The van der Waals surface area contributed by atoms with Gasteiger partial charge in [0.15, 0.2) is 11.9 Å². The third-order valence-corrected chi connectivity index (χ3v) is 4.69. The first-order chi connectivity index (χ1) is 10.5. The van der Waals surface area contributed by atoms with E-state index in [0.717, 1.165) is 30.8 Å². The molecule has 6 heteroatoms. The van der Waals surface area contributed by atoms with Gasteiger partial charge in [0.25, 0.3) is 5.91 Å². The largest absolute Gasteiger partial charge is 0.453 e. The standard InChI is InChI=1S/C16H21NO4S/c1-11-5-7-14(22-11)13(18)6-8-15(19)21-12(2)16(20)17-9-3-4-10-17/h5,7,12H,3-4,6,8-10H2,1-2H3. The lowest BCUT2D eigenvalue weighted by atomic mass is 10.2. The SMILES string of the molecule is Cc1ccc(C(=O)CCC(=O)OC(C)C(=O)N2CCCC2)s1. The van der Waals surface area contributed by atoms with E-state index >= 15 is 0 Å². The van der Waals surface area contributed by atoms with Crippen molar-refractivity contribution in [2.45, 2.75) is 45.6 Å². The molecule has 1 saturated heterocycles. The first-order valence-electron chi connectivity index (χ1n) is 7.55. The van der Waals surface area contributed by atoms with Crippen LogP contribution in [0.3, 0.4) is 0 Å². The Morgan fingerprint density at radius 1 is 1.23 bits per heavy atom. The van der Waals surface area contributed by atoms with Crippen LogP contribution >= 0.6 is 11.3 Å². The highest BCUT2D eigenvalue weighted by molar-refractivity contribution is 7.14. The second-order valence-electron chi connectivity index (χ2n) is 5.50. The summed E-state index contributed by atoms with van der Waals surface area (Å²) in [4.78, 5) is 39.2. The summed E-state index contributed by atoms with van der Waals surface area (Å²) in [5.74, 6) is -0.707. The highest BCUT2D eigenvalue weighted by atomic mass is 32.1. The van der Waals surface area contributed by atoms with Gasteiger partial charge in [-0.05, 0) is 38.8 Å². The molecule has 0 radical (unpaired) electrons. The monoisotopic (exact) mass is 323 g/mol. The number of nitrogens with zero attached hydrogens (tertiary/aromatic N) is 1. The number of rotatable bonds is 6. The highest BCUT2D eigenvalue weighted by Crippen LogP contribution is 2.18. The summed E-state index contributed by atoms with van der Waals surface area (Å²) >= 11 is 1.42. The summed E-state index contributed by atoms with van der Waals surface area (Å²) < 4.78 is 5.14. The van der Waals surface area contributed by atoms with Crippen LogP contribution in [0.5, 0.6) is 0 Å². The Bertz CT molecular complexity index is 560. The highest BCUT2D eigenvalue weighted by Gasteiger charge is 2.26. The predicted octanol–water partition coefficient (Wildman–Crippen LogP) is 2.57. The lowest BCUT2D eigenvalue weighted by Gasteiger charge is -2.20. The summed E-state index contributed by atoms with van der Waals surface area (Å²) in [6.07, 6.45) is 1.35. The molecule has 1 aromatic rings. The molecule has 0 aliphatic carbocycles. The van der Waals surface area contributed by atoms with Crippen LogP contribution in [0.4, 0.5) is 0 Å². The molecule has 1 aliphatic rings. The summed E-state index contributed by atoms with van der Waals surface area (Å²) in [6, 6.07) is 3.65. The number of thiophene rings is 1. The third kappa shape index (κ3) is 4.40. The summed E-state index contributed by atoms with van der Waals surface area (Å²) in [7, 11) is 0. The lowest BCUT2D eigenvalue weighted by molar-refractivity contribution is -0.158. The van der Waals surface area contributed by atoms with Gasteiger partial charge in [-0.2, -0.15) is 0 Å². The first kappa shape index (κ1) is 16.7. The molecular weight excluding hydrogens is 302 g/mol. The zero-order valence-electron chi connectivity index (χ0n) is 13.0. The normalized spacial score (nSPS) is 15.6. The van der Waals surface area contributed by atoms with E-state index in [0.29, 0.717) is 4.88 Å². The summed E-state index contributed by atoms with van der Waals surface area (Å²) in [5.41, 5.74) is 0. The van der Waals surface area contributed by atoms with Crippen molar-refractivity contribution in [1.29, 1.82) is 0 Å². The maximum atomic E-state index is 12.0. The van der Waals surface area contributed by atoms with Crippen LogP contribution < -0.4 is 0 Å². The molecule has 1 atom stereocenters. The topological polar surface area (TPSA) is 63.7 Å². The van der Waals surface area contributed by atoms with E-state index in [-0.39, 0.29) is 24.5 Å². The molecule has 2 rings (SSSR count). The number of ketones is 1. The fourth-order valence-electron chi connectivity index (χ4n) is 2.42. The molecular formula is C16H21NO4S. The number of carbonyl (C=O) groups is 3. The van der Waals surface area contributed by atoms with Gasteiger partial charge in [0.05, 0.1) is 11.3 Å². The second-order valence-corrected chi connectivity index (χ2v) is 6.79. The molecule has 120 valence electrons. The number of likely N-dealkylation sites (tertiary alicyclic amines) is 1. The Hall–Kier alpha value is -1.69. The molecule has 0 aromatic carbocycles. The van der Waals surface area contributed by atoms with Crippen molar-refractivity contribution >= 4 is 29.0 Å². The Morgan fingerprint density at radius 3 is 2.50 bits per heavy atom. The van der Waals surface area contributed by atoms with Crippen molar-refractivity contribution in [1.82, 2.24) is 4.90 Å². The first-order valence-corrected chi connectivity index (χ1v) is 8.37. The quantitative estimate of drug-likeness (QED) is 0.596. The van der Waals surface area contributed by atoms with Gasteiger partial charge < -0.3 is 9.64 Å². The number of hydrogen-bond donors (Lipinski definition) is 0. The van der Waals surface area contributed by atoms with Crippen LogP contribution in [-0.4, -0.2) is 41.8 Å². The fourth-order valence-corrected chi connectivity index (χ4v) is 3.26. The minimum atomic E-state index is -0.773. The van der Waals surface area contributed by atoms with Gasteiger partial charge in [-0.25, -0.2) is 0 Å². The van der Waals surface area contributed by atoms with Gasteiger partial charge >= 0.3 is 5.97 Å². The number of carbonyl (C=O) groups excluding carboxylic acids is 3. The zero-order chi connectivity index (χ0) is 16.1. The van der Waals surface area contributed by atoms with Crippen molar-refractivity contribution < 1.29 is 19.1 Å². The lowest BCUT2D eigenvalue weighted by Crippen LogP contribution is -2.38. The van der Waals surface area contributed by atoms with Gasteiger partial charge in [0.2, 0.25) is 0 Å². The maximum absolute atomic E-state index is 12.0. The maximum Gasteiger partial charge on any atom is 0.307 e. The van der Waals surface area contributed by atoms with Crippen molar-refractivity contribution in [3.05, 3.63) is 21.9 Å². The van der Waals surface area contributed by atoms with Gasteiger partial charge in [-0.1, -0.05) is 0 Å². The van der Waals surface area contributed by atoms with E-state index in [1.54, 1.807) is 17.9 Å². The van der Waals surface area contributed by atoms with E-state index in [9.17, 15) is 14.4 Å². The van der Waals surface area contributed by atoms with E-state index < -0.39 is 12.1 Å². The van der Waals surface area contributed by atoms with Gasteiger partial charge in [0, 0.05) is 24.4 Å². The minimum Gasteiger partial charge on any atom is -0.453 e. The summed E-state index contributed by atoms with van der Waals surface area (Å²) in [5, 5.41) is 0. The number of aryl methyl sites for hydroxylation is 1. The van der Waals surface area contributed by atoms with Crippen molar-refractivity contribution in [2.75, 3.05) is 13.1 Å². The van der Waals surface area contributed by atoms with Crippen LogP contribution in [0.25, 0.3) is 0 Å². The molecule has 0 bridgehead atoms. The van der Waals surface area contributed by atoms with E-state index in [1.165, 1.54) is 11.3 Å². The van der Waals surface area contributed by atoms with Gasteiger partial charge in [-0.15, -0.1) is 11.3 Å². The van der Waals surface area contributed by atoms with Crippen LogP contribution in [0.2, 0.25) is 0 Å². The third-order valence-electron chi connectivity index (χ3n) is 3.65. The van der Waals surface area contributed by atoms with Gasteiger partial charge in [-0.3, -0.25) is 14.4 Å². The van der Waals surface area contributed by atoms with Crippen LogP contribution in [0, 0.1) is 6.92 Å². The minimum absolute atomic E-state index is 0.00734. The van der Waals surface area contributed by atoms with Crippen LogP contribution in [-0.2, 0) is 14.3 Å². The molecule has 0 saturated carbocycles. The smallest absolute Gasteiger partial charge is 0.307 e. The number of ether oxygens (including phenoxy) is 1. The Balaban J connectivity index is 1.75. The average Bonchev–Trinajstić information content (AvgIpc) is 3.15. The van der Waals surface area contributed by atoms with E-state index in [4.69, 9.17) is 4.74 Å². The Morgan fingerprint density at radius 2 is 1.91 bits per heavy atom. The van der Waals surface area contributed by atoms with Crippen molar-refractivity contribution in [3.63, 3.8) is 0 Å². The summed E-state index contributed by atoms with van der Waals surface area (Å²) in [6.45, 7) is 4.98. The van der Waals surface area contributed by atoms with Crippen molar-refractivity contribution in [2.24, 2.45) is 0 Å². The number of esters is 1. The fraction of sp³-hybridized carbons (Fsp3) is 0.562. The Labute approximate surface area is 134 Å². The zero-order valence-corrected chi connectivity index (χ0v) is 13.8. The number of Topliss-reactive ketones (excluding diaryl/α,β-unsaturated/α-hetero) is 1. The molecule has 1 aromatic heterocycles. The molecule has 0 spiro atoms. The number of hydrogen-bond acceptors (Lipinski definition) is 5. The molecule has 5 nitrogen and oxygen atoms in total. The second kappa shape index (κ2) is 7.54. The molecule has 1 fully saturated rings. The molecule has 1 aliphatic heterocycles. The van der Waals surface area contributed by atoms with Crippen molar-refractivity contribution in [3.8, 4) is 0 Å². The van der Waals surface area contributed by atoms with E-state index in [2.05, 4.69) is 0 Å². The van der Waals surface area contributed by atoms with E-state index in [1.807, 2.05) is 13.0 Å². The number of amides is 1. The van der Waals surface area contributed by atoms with Crippen LogP contribution in [0.15, 0.2) is 12.1 Å². The molecule has 1 unspecified atom stereocenters. The molecule has 0 N–H and O–H groups in total. The molecule has 1 amide bonds. The molecule has 2 heterocycles. The average molecular weight is 323 g/mol. The van der Waals surface area contributed by atoms with Gasteiger partial charge in [0.1, 0.15) is 0 Å². The Kier molecular flexibility index (Phi) is 5.71. The molecule has 22 heavy (non-hydrogen) atoms.